The van der Waals surface area contributed by atoms with Crippen LogP contribution in [0.2, 0.25) is 0 Å². The van der Waals surface area contributed by atoms with Gasteiger partial charge in [0.15, 0.2) is 5.65 Å². The van der Waals surface area contributed by atoms with E-state index in [0.717, 1.165) is 6.07 Å². The van der Waals surface area contributed by atoms with Crippen LogP contribution in [0, 0.1) is 11.6 Å². The van der Waals surface area contributed by atoms with E-state index in [1.54, 1.807) is 12.3 Å². The standard InChI is InChI=1S/C13H8BrF2N3O/c14-8-3-11-12(17-5-8)18-13(20)19(11)6-7-1-9(15)4-10(16)2-7/h1-5H,6H2,(H,17,18,20). The van der Waals surface area contributed by atoms with E-state index in [9.17, 15) is 13.6 Å². The van der Waals surface area contributed by atoms with Crippen molar-refractivity contribution < 1.29 is 8.78 Å². The fourth-order valence-electron chi connectivity index (χ4n) is 2.05. The van der Waals surface area contributed by atoms with E-state index in [4.69, 9.17) is 0 Å². The van der Waals surface area contributed by atoms with Crippen molar-refractivity contribution in [3.8, 4) is 0 Å². The van der Waals surface area contributed by atoms with Crippen LogP contribution < -0.4 is 5.69 Å². The van der Waals surface area contributed by atoms with Gasteiger partial charge in [0, 0.05) is 16.7 Å². The quantitative estimate of drug-likeness (QED) is 0.780. The first kappa shape index (κ1) is 13.0. The zero-order chi connectivity index (χ0) is 14.3. The second kappa shape index (κ2) is 4.82. The molecule has 0 amide bonds. The van der Waals surface area contributed by atoms with Gasteiger partial charge in [0.25, 0.3) is 0 Å². The predicted octanol–water partition coefficient (Wildman–Crippen LogP) is 2.81. The number of nitrogens with one attached hydrogen (secondary N) is 1. The molecule has 4 nitrogen and oxygen atoms in total. The third-order valence-electron chi connectivity index (χ3n) is 2.86. The lowest BCUT2D eigenvalue weighted by molar-refractivity contribution is 0.577. The van der Waals surface area contributed by atoms with Gasteiger partial charge in [0.1, 0.15) is 11.6 Å². The maximum Gasteiger partial charge on any atom is 0.327 e. The van der Waals surface area contributed by atoms with E-state index in [1.807, 2.05) is 0 Å². The number of benzene rings is 1. The summed E-state index contributed by atoms with van der Waals surface area (Å²) < 4.78 is 28.4. The van der Waals surface area contributed by atoms with Gasteiger partial charge in [0.05, 0.1) is 12.1 Å². The van der Waals surface area contributed by atoms with E-state index < -0.39 is 11.6 Å². The van der Waals surface area contributed by atoms with E-state index in [2.05, 4.69) is 25.9 Å². The Morgan fingerprint density at radius 1 is 1.20 bits per heavy atom. The first-order valence-electron chi connectivity index (χ1n) is 5.72. The normalized spacial score (nSPS) is 11.2. The third-order valence-corrected chi connectivity index (χ3v) is 3.29. The maximum absolute atomic E-state index is 13.2. The lowest BCUT2D eigenvalue weighted by Crippen LogP contribution is -2.17. The van der Waals surface area contributed by atoms with E-state index in [-0.39, 0.29) is 12.2 Å². The molecule has 102 valence electrons. The van der Waals surface area contributed by atoms with Gasteiger partial charge in [0.2, 0.25) is 0 Å². The van der Waals surface area contributed by atoms with Crippen molar-refractivity contribution in [2.45, 2.75) is 6.54 Å². The summed E-state index contributed by atoms with van der Waals surface area (Å²) in [6, 6.07) is 4.90. The highest BCUT2D eigenvalue weighted by atomic mass is 79.9. The molecule has 0 radical (unpaired) electrons. The molecule has 0 saturated carbocycles. The number of pyridine rings is 1. The fraction of sp³-hybridized carbons (Fsp3) is 0.0769. The van der Waals surface area contributed by atoms with Crippen LogP contribution in [0.15, 0.2) is 39.7 Å². The number of aromatic nitrogens is 3. The number of rotatable bonds is 2. The van der Waals surface area contributed by atoms with Crippen molar-refractivity contribution in [3.05, 3.63) is 62.6 Å². The highest BCUT2D eigenvalue weighted by molar-refractivity contribution is 9.10. The molecule has 0 aliphatic heterocycles. The van der Waals surface area contributed by atoms with Crippen LogP contribution in [0.1, 0.15) is 5.56 Å². The summed E-state index contributed by atoms with van der Waals surface area (Å²) in [5.74, 6) is -1.35. The SMILES string of the molecule is O=c1[nH]c2ncc(Br)cc2n1Cc1cc(F)cc(F)c1. The molecule has 3 rings (SSSR count). The highest BCUT2D eigenvalue weighted by Gasteiger charge is 2.10. The number of imidazole rings is 1. The van der Waals surface area contributed by atoms with Gasteiger partial charge in [-0.1, -0.05) is 0 Å². The number of nitrogens with zero attached hydrogens (tertiary/aromatic N) is 2. The molecule has 0 aliphatic rings. The molecule has 0 aliphatic carbocycles. The van der Waals surface area contributed by atoms with Gasteiger partial charge in [-0.3, -0.25) is 9.55 Å². The van der Waals surface area contributed by atoms with Gasteiger partial charge in [-0.15, -0.1) is 0 Å². The molecule has 0 bridgehead atoms. The van der Waals surface area contributed by atoms with Gasteiger partial charge in [-0.2, -0.15) is 0 Å². The van der Waals surface area contributed by atoms with Crippen molar-refractivity contribution in [1.82, 2.24) is 14.5 Å². The number of hydrogen-bond donors (Lipinski definition) is 1. The summed E-state index contributed by atoms with van der Waals surface area (Å²) in [6.07, 6.45) is 1.56. The molecule has 2 heterocycles. The molecule has 2 aromatic heterocycles. The Labute approximate surface area is 120 Å². The summed E-state index contributed by atoms with van der Waals surface area (Å²) in [4.78, 5) is 18.5. The molecule has 0 saturated heterocycles. The van der Waals surface area contributed by atoms with Crippen LogP contribution >= 0.6 is 15.9 Å². The van der Waals surface area contributed by atoms with Crippen LogP contribution in [0.25, 0.3) is 11.2 Å². The first-order chi connectivity index (χ1) is 9.52. The predicted molar refractivity (Wildman–Crippen MR) is 73.5 cm³/mol. The van der Waals surface area contributed by atoms with E-state index in [0.29, 0.717) is 21.2 Å². The average molecular weight is 340 g/mol. The highest BCUT2D eigenvalue weighted by Crippen LogP contribution is 2.16. The van der Waals surface area contributed by atoms with Crippen molar-refractivity contribution >= 4 is 27.1 Å². The Bertz CT molecular complexity index is 836. The largest absolute Gasteiger partial charge is 0.327 e. The van der Waals surface area contributed by atoms with Crippen molar-refractivity contribution in [1.29, 1.82) is 0 Å². The molecule has 0 spiro atoms. The summed E-state index contributed by atoms with van der Waals surface area (Å²) in [5.41, 5.74) is 0.977. The smallest absolute Gasteiger partial charge is 0.290 e. The molecular weight excluding hydrogens is 332 g/mol. The van der Waals surface area contributed by atoms with E-state index in [1.165, 1.54) is 16.7 Å². The summed E-state index contributed by atoms with van der Waals surface area (Å²) in [7, 11) is 0. The first-order valence-corrected chi connectivity index (χ1v) is 6.51. The Balaban J connectivity index is 2.12. The molecule has 1 N–H and O–H groups in total. The number of halogens is 3. The molecule has 0 fully saturated rings. The number of fused-ring (bicyclic) bond motifs is 1. The lowest BCUT2D eigenvalue weighted by atomic mass is 10.2. The number of hydrogen-bond acceptors (Lipinski definition) is 2. The molecule has 20 heavy (non-hydrogen) atoms. The Hall–Kier alpha value is -2.02. The second-order valence-electron chi connectivity index (χ2n) is 4.32. The minimum absolute atomic E-state index is 0.0612. The van der Waals surface area contributed by atoms with Gasteiger partial charge in [-0.25, -0.2) is 18.6 Å². The molecule has 3 aromatic rings. The van der Waals surface area contributed by atoms with Crippen LogP contribution in [0.4, 0.5) is 8.78 Å². The minimum Gasteiger partial charge on any atom is -0.290 e. The van der Waals surface area contributed by atoms with Gasteiger partial charge >= 0.3 is 5.69 Å². The number of aromatic amines is 1. The Kier molecular flexibility index (Phi) is 3.13. The Morgan fingerprint density at radius 2 is 1.90 bits per heavy atom. The van der Waals surface area contributed by atoms with Crippen molar-refractivity contribution in [2.24, 2.45) is 0 Å². The van der Waals surface area contributed by atoms with Crippen molar-refractivity contribution in [3.63, 3.8) is 0 Å². The summed E-state index contributed by atoms with van der Waals surface area (Å²) in [5, 5.41) is 0. The maximum atomic E-state index is 13.2. The van der Waals surface area contributed by atoms with Crippen LogP contribution in [-0.4, -0.2) is 14.5 Å². The average Bonchev–Trinajstić information content (AvgIpc) is 2.65. The van der Waals surface area contributed by atoms with Gasteiger partial charge < -0.3 is 0 Å². The number of H-pyrrole nitrogens is 1. The monoisotopic (exact) mass is 339 g/mol. The topological polar surface area (TPSA) is 50.7 Å². The molecule has 0 atom stereocenters. The van der Waals surface area contributed by atoms with E-state index >= 15 is 0 Å². The fourth-order valence-corrected chi connectivity index (χ4v) is 2.37. The molecule has 1 aromatic carbocycles. The molecular formula is C13H8BrF2N3O. The van der Waals surface area contributed by atoms with Crippen LogP contribution in [-0.2, 0) is 6.54 Å². The lowest BCUT2D eigenvalue weighted by Gasteiger charge is -2.04. The Morgan fingerprint density at radius 3 is 2.60 bits per heavy atom. The minimum atomic E-state index is -0.674. The second-order valence-corrected chi connectivity index (χ2v) is 5.23. The molecule has 7 heteroatoms. The van der Waals surface area contributed by atoms with Crippen molar-refractivity contribution in [2.75, 3.05) is 0 Å². The summed E-state index contributed by atoms with van der Waals surface area (Å²) >= 11 is 3.27. The molecule has 0 unspecified atom stereocenters. The third kappa shape index (κ3) is 2.36. The summed E-state index contributed by atoms with van der Waals surface area (Å²) in [6.45, 7) is 0.0612. The zero-order valence-corrected chi connectivity index (χ0v) is 11.6. The van der Waals surface area contributed by atoms with Gasteiger partial charge in [-0.05, 0) is 39.7 Å². The van der Waals surface area contributed by atoms with Crippen LogP contribution in [0.5, 0.6) is 0 Å². The van der Waals surface area contributed by atoms with Crippen LogP contribution in [0.3, 0.4) is 0 Å². The zero-order valence-electron chi connectivity index (χ0n) is 10.0.